The van der Waals surface area contributed by atoms with Crippen molar-refractivity contribution in [3.8, 4) is 0 Å². The van der Waals surface area contributed by atoms with Gasteiger partial charge in [-0.05, 0) is 12.8 Å². The predicted octanol–water partition coefficient (Wildman–Crippen LogP) is 1.77. The van der Waals surface area contributed by atoms with Crippen LogP contribution < -0.4 is 5.32 Å². The largest absolute Gasteiger partial charge is 0.465 e. The predicted molar refractivity (Wildman–Crippen MR) is 65.7 cm³/mol. The van der Waals surface area contributed by atoms with E-state index in [2.05, 4.69) is 15.0 Å². The number of methoxy groups -OCH3 is 1. The van der Waals surface area contributed by atoms with E-state index in [0.29, 0.717) is 16.6 Å². The van der Waals surface area contributed by atoms with Crippen LogP contribution in [0.5, 0.6) is 0 Å². The first-order chi connectivity index (χ1) is 8.10. The van der Waals surface area contributed by atoms with Crippen molar-refractivity contribution in [1.82, 2.24) is 4.98 Å². The molecule has 5 nitrogen and oxygen atoms in total. The molecule has 1 aromatic rings. The zero-order valence-electron chi connectivity index (χ0n) is 9.33. The van der Waals surface area contributed by atoms with Crippen molar-refractivity contribution in [2.45, 2.75) is 12.8 Å². The highest BCUT2D eigenvalue weighted by atomic mass is 35.5. The number of hydrogen-bond donors (Lipinski definition) is 2. The van der Waals surface area contributed by atoms with Crippen molar-refractivity contribution in [2.75, 3.05) is 25.6 Å². The van der Waals surface area contributed by atoms with Crippen LogP contribution in [-0.4, -0.2) is 36.3 Å². The minimum absolute atomic E-state index is 0.0103. The highest BCUT2D eigenvalue weighted by Crippen LogP contribution is 2.45. The average molecular weight is 277 g/mol. The van der Waals surface area contributed by atoms with E-state index in [0.717, 1.165) is 24.2 Å². The number of esters is 1. The van der Waals surface area contributed by atoms with E-state index in [1.807, 2.05) is 0 Å². The standard InChI is InChI=1S/C10H13ClN2O3S/c1-16-8(15)6-7(11)13-9(17-6)12-4-10(5-14)2-3-10/h14H,2-5H2,1H3,(H,12,13). The third kappa shape index (κ3) is 2.70. The Balaban J connectivity index is 2.00. The van der Waals surface area contributed by atoms with Crippen LogP contribution in [-0.2, 0) is 4.74 Å². The highest BCUT2D eigenvalue weighted by molar-refractivity contribution is 7.18. The Hall–Kier alpha value is -0.850. The number of anilines is 1. The number of carbonyl (C=O) groups excluding carboxylic acids is 1. The monoisotopic (exact) mass is 276 g/mol. The van der Waals surface area contributed by atoms with Gasteiger partial charge in [0.05, 0.1) is 13.7 Å². The molecule has 1 fully saturated rings. The van der Waals surface area contributed by atoms with Gasteiger partial charge in [0.1, 0.15) is 0 Å². The van der Waals surface area contributed by atoms with Gasteiger partial charge in [-0.25, -0.2) is 9.78 Å². The number of hydrogen-bond acceptors (Lipinski definition) is 6. The molecular weight excluding hydrogens is 264 g/mol. The molecule has 2 rings (SSSR count). The summed E-state index contributed by atoms with van der Waals surface area (Å²) in [6, 6.07) is 0. The summed E-state index contributed by atoms with van der Waals surface area (Å²) in [6.45, 7) is 0.816. The Morgan fingerprint density at radius 2 is 2.41 bits per heavy atom. The number of thiazole rings is 1. The Bertz CT molecular complexity index is 431. The summed E-state index contributed by atoms with van der Waals surface area (Å²) < 4.78 is 4.59. The minimum atomic E-state index is -0.483. The molecule has 1 heterocycles. The summed E-state index contributed by atoms with van der Waals surface area (Å²) in [7, 11) is 1.30. The first kappa shape index (κ1) is 12.6. The van der Waals surface area contributed by atoms with Crippen LogP contribution in [0.1, 0.15) is 22.5 Å². The number of aromatic nitrogens is 1. The third-order valence-electron chi connectivity index (χ3n) is 2.86. The molecule has 0 spiro atoms. The van der Waals surface area contributed by atoms with Crippen LogP contribution in [0.2, 0.25) is 5.15 Å². The van der Waals surface area contributed by atoms with E-state index in [4.69, 9.17) is 16.7 Å². The summed E-state index contributed by atoms with van der Waals surface area (Å²) in [5, 5.41) is 13.0. The first-order valence-electron chi connectivity index (χ1n) is 5.19. The Morgan fingerprint density at radius 3 is 2.94 bits per heavy atom. The summed E-state index contributed by atoms with van der Waals surface area (Å²) >= 11 is 6.99. The minimum Gasteiger partial charge on any atom is -0.465 e. The molecule has 7 heteroatoms. The molecule has 1 aliphatic rings. The first-order valence-corrected chi connectivity index (χ1v) is 6.39. The number of rotatable bonds is 5. The molecule has 0 aliphatic heterocycles. The quantitative estimate of drug-likeness (QED) is 0.802. The van der Waals surface area contributed by atoms with Crippen LogP contribution in [0, 0.1) is 5.41 Å². The number of ether oxygens (including phenoxy) is 1. The summed E-state index contributed by atoms with van der Waals surface area (Å²) in [5.74, 6) is -0.483. The molecule has 0 atom stereocenters. The molecular formula is C10H13ClN2O3S. The second-order valence-corrected chi connectivity index (χ2v) is 5.50. The number of nitrogens with zero attached hydrogens (tertiary/aromatic N) is 1. The van der Waals surface area contributed by atoms with Crippen molar-refractivity contribution >= 4 is 34.0 Å². The molecule has 1 aliphatic carbocycles. The van der Waals surface area contributed by atoms with E-state index < -0.39 is 5.97 Å². The molecule has 0 amide bonds. The topological polar surface area (TPSA) is 71.5 Å². The fourth-order valence-electron chi connectivity index (χ4n) is 1.43. The average Bonchev–Trinajstić information content (AvgIpc) is 3.03. The van der Waals surface area contributed by atoms with Crippen molar-refractivity contribution in [1.29, 1.82) is 0 Å². The fourth-order valence-corrected chi connectivity index (χ4v) is 2.53. The van der Waals surface area contributed by atoms with Gasteiger partial charge in [0.25, 0.3) is 0 Å². The van der Waals surface area contributed by atoms with Gasteiger partial charge in [0, 0.05) is 12.0 Å². The Labute approximate surface area is 108 Å². The van der Waals surface area contributed by atoms with Crippen molar-refractivity contribution in [3.63, 3.8) is 0 Å². The maximum Gasteiger partial charge on any atom is 0.351 e. The van der Waals surface area contributed by atoms with Crippen molar-refractivity contribution in [3.05, 3.63) is 10.0 Å². The van der Waals surface area contributed by atoms with Crippen LogP contribution in [0.25, 0.3) is 0 Å². The lowest BCUT2D eigenvalue weighted by Crippen LogP contribution is -2.18. The van der Waals surface area contributed by atoms with E-state index in [9.17, 15) is 4.79 Å². The molecule has 17 heavy (non-hydrogen) atoms. The summed E-state index contributed by atoms with van der Waals surface area (Å²) in [6.07, 6.45) is 2.03. The van der Waals surface area contributed by atoms with Crippen molar-refractivity contribution in [2.24, 2.45) is 5.41 Å². The lowest BCUT2D eigenvalue weighted by Gasteiger charge is -2.11. The van der Waals surface area contributed by atoms with Crippen molar-refractivity contribution < 1.29 is 14.6 Å². The highest BCUT2D eigenvalue weighted by Gasteiger charge is 2.41. The SMILES string of the molecule is COC(=O)c1sc(NCC2(CO)CC2)nc1Cl. The van der Waals surface area contributed by atoms with Gasteiger partial charge in [0.2, 0.25) is 0 Å². The van der Waals surface area contributed by atoms with Gasteiger partial charge in [-0.15, -0.1) is 0 Å². The zero-order valence-corrected chi connectivity index (χ0v) is 10.9. The summed E-state index contributed by atoms with van der Waals surface area (Å²) in [4.78, 5) is 15.6. The lowest BCUT2D eigenvalue weighted by molar-refractivity contribution is 0.0606. The second kappa shape index (κ2) is 4.80. The van der Waals surface area contributed by atoms with Gasteiger partial charge in [-0.3, -0.25) is 0 Å². The molecule has 0 aromatic carbocycles. The van der Waals surface area contributed by atoms with Crippen LogP contribution in [0.15, 0.2) is 0 Å². The molecule has 94 valence electrons. The Kier molecular flexibility index (Phi) is 3.56. The number of halogens is 1. The van der Waals surface area contributed by atoms with Gasteiger partial charge < -0.3 is 15.2 Å². The zero-order chi connectivity index (χ0) is 12.5. The third-order valence-corrected chi connectivity index (χ3v) is 4.24. The lowest BCUT2D eigenvalue weighted by atomic mass is 10.1. The number of aliphatic hydroxyl groups is 1. The van der Waals surface area contributed by atoms with Gasteiger partial charge in [-0.1, -0.05) is 22.9 Å². The molecule has 2 N–H and O–H groups in total. The van der Waals surface area contributed by atoms with E-state index in [1.54, 1.807) is 0 Å². The van der Waals surface area contributed by atoms with Crippen LogP contribution in [0.4, 0.5) is 5.13 Å². The van der Waals surface area contributed by atoms with Crippen LogP contribution >= 0.6 is 22.9 Å². The molecule has 0 saturated heterocycles. The molecule has 1 saturated carbocycles. The normalized spacial score (nSPS) is 16.6. The maximum absolute atomic E-state index is 11.3. The molecule has 0 radical (unpaired) electrons. The molecule has 0 unspecified atom stereocenters. The number of carbonyl (C=O) groups is 1. The second-order valence-electron chi connectivity index (χ2n) is 4.14. The van der Waals surface area contributed by atoms with Gasteiger partial charge in [0.15, 0.2) is 15.2 Å². The van der Waals surface area contributed by atoms with Crippen LogP contribution in [0.3, 0.4) is 0 Å². The summed E-state index contributed by atoms with van der Waals surface area (Å²) in [5.41, 5.74) is -0.0103. The smallest absolute Gasteiger partial charge is 0.351 e. The Morgan fingerprint density at radius 1 is 1.71 bits per heavy atom. The fraction of sp³-hybridized carbons (Fsp3) is 0.600. The number of nitrogens with one attached hydrogen (secondary N) is 1. The van der Waals surface area contributed by atoms with Gasteiger partial charge in [-0.2, -0.15) is 0 Å². The number of aliphatic hydroxyl groups excluding tert-OH is 1. The van der Waals surface area contributed by atoms with E-state index in [1.165, 1.54) is 7.11 Å². The van der Waals surface area contributed by atoms with E-state index in [-0.39, 0.29) is 17.2 Å². The molecule has 1 aromatic heterocycles. The van der Waals surface area contributed by atoms with E-state index >= 15 is 0 Å². The maximum atomic E-state index is 11.3. The van der Waals surface area contributed by atoms with Gasteiger partial charge >= 0.3 is 5.97 Å². The molecule has 0 bridgehead atoms.